The lowest BCUT2D eigenvalue weighted by Crippen LogP contribution is -2.50. The summed E-state index contributed by atoms with van der Waals surface area (Å²) in [4.78, 5) is 56.4. The summed E-state index contributed by atoms with van der Waals surface area (Å²) in [5, 5.41) is 16.1. The Bertz CT molecular complexity index is 1660. The van der Waals surface area contributed by atoms with Crippen LogP contribution in [-0.2, 0) is 43.3 Å². The number of rotatable bonds is 14. The molecule has 10 heteroatoms. The van der Waals surface area contributed by atoms with E-state index in [1.54, 1.807) is 26.0 Å². The van der Waals surface area contributed by atoms with Crippen molar-refractivity contribution in [3.05, 3.63) is 102 Å². The van der Waals surface area contributed by atoms with Crippen LogP contribution in [0, 0.1) is 5.92 Å². The number of hydrogen-bond acceptors (Lipinski definition) is 7. The van der Waals surface area contributed by atoms with Gasteiger partial charge in [0.1, 0.15) is 18.0 Å². The minimum atomic E-state index is -0.991. The monoisotopic (exact) mass is 611 g/mol. The van der Waals surface area contributed by atoms with Gasteiger partial charge in [-0.15, -0.1) is 0 Å². The number of carbonyl (C=O) groups excluding carboxylic acids is 4. The van der Waals surface area contributed by atoms with Crippen molar-refractivity contribution in [1.82, 2.24) is 15.6 Å². The van der Waals surface area contributed by atoms with E-state index in [2.05, 4.69) is 15.6 Å². The Labute approximate surface area is 261 Å². The molecule has 0 radical (unpaired) electrons. The zero-order valence-corrected chi connectivity index (χ0v) is 25.2. The first-order valence-corrected chi connectivity index (χ1v) is 14.9. The second-order valence-electron chi connectivity index (χ2n) is 11.7. The van der Waals surface area contributed by atoms with E-state index in [0.29, 0.717) is 0 Å². The van der Waals surface area contributed by atoms with Gasteiger partial charge >= 0.3 is 6.09 Å². The summed E-state index contributed by atoms with van der Waals surface area (Å²) in [6.45, 7) is 3.55. The molecule has 1 unspecified atom stereocenters. The van der Waals surface area contributed by atoms with Crippen molar-refractivity contribution in [2.75, 3.05) is 6.61 Å². The summed E-state index contributed by atoms with van der Waals surface area (Å²) in [6.07, 6.45) is 1.30. The number of Topliss-reactive ketones (excluding diaryl/α,β-unsaturated/α-hetero) is 2. The molecule has 10 nitrogen and oxygen atoms in total. The molecule has 0 spiro atoms. The number of phenols is 1. The van der Waals surface area contributed by atoms with E-state index in [0.717, 1.165) is 27.6 Å². The molecule has 4 atom stereocenters. The quantitative estimate of drug-likeness (QED) is 0.155. The Balaban J connectivity index is 1.31. The lowest BCUT2D eigenvalue weighted by atomic mass is 9.89. The van der Waals surface area contributed by atoms with Crippen molar-refractivity contribution < 1.29 is 33.8 Å². The maximum atomic E-state index is 13.9. The predicted octanol–water partition coefficient (Wildman–Crippen LogP) is 4.39. The molecule has 2 heterocycles. The predicted molar refractivity (Wildman–Crippen MR) is 167 cm³/mol. The van der Waals surface area contributed by atoms with Gasteiger partial charge in [0.25, 0.3) is 0 Å². The number of phenolic OH excluding ortho intramolecular Hbond substituents is 1. The Hall–Kier alpha value is -4.96. The minimum Gasteiger partial charge on any atom is -0.508 e. The Morgan fingerprint density at radius 3 is 2.33 bits per heavy atom. The Morgan fingerprint density at radius 2 is 1.62 bits per heavy atom. The number of aromatic hydroxyl groups is 1. The minimum absolute atomic E-state index is 0.0538. The molecule has 0 aliphatic carbocycles. The molecule has 1 aliphatic rings. The number of aromatic amines is 1. The lowest BCUT2D eigenvalue weighted by molar-refractivity contribution is -0.134. The summed E-state index contributed by atoms with van der Waals surface area (Å²) in [5.74, 6) is -1.84. The molecule has 4 aromatic rings. The topological polar surface area (TPSA) is 150 Å². The smallest absolute Gasteiger partial charge is 0.408 e. The van der Waals surface area contributed by atoms with Gasteiger partial charge in [-0.25, -0.2) is 4.79 Å². The SMILES string of the molecule is C[C@@H](NC(=O)OCc1ccccc1)C(=O)CC(Cc1c[nH]c2ccccc12)C(=O)N[C@@H](Cc1ccc(O)cc1)C(=O)[C@@]1(C)CO1. The highest BCUT2D eigenvalue weighted by Crippen LogP contribution is 2.30. The van der Waals surface area contributed by atoms with Crippen molar-refractivity contribution in [1.29, 1.82) is 0 Å². The van der Waals surface area contributed by atoms with Gasteiger partial charge in [-0.05, 0) is 61.6 Å². The summed E-state index contributed by atoms with van der Waals surface area (Å²) < 4.78 is 10.7. The number of hydrogen-bond donors (Lipinski definition) is 4. The van der Waals surface area contributed by atoms with Crippen LogP contribution < -0.4 is 10.6 Å². The van der Waals surface area contributed by atoms with E-state index in [4.69, 9.17) is 9.47 Å². The molecule has 1 fully saturated rings. The van der Waals surface area contributed by atoms with Crippen LogP contribution >= 0.6 is 0 Å². The first-order chi connectivity index (χ1) is 21.6. The van der Waals surface area contributed by atoms with Crippen LogP contribution in [0.1, 0.15) is 37.0 Å². The lowest BCUT2D eigenvalue weighted by Gasteiger charge is -2.24. The standard InChI is InChI=1S/C35H37N3O7/c1-22(37-34(43)44-20-24-8-4-3-5-9-24)31(40)18-25(17-26-19-36-29-11-7-6-10-28(26)29)33(42)38-30(32(41)35(2)21-45-35)16-23-12-14-27(39)15-13-23/h3-15,19,22,25,30,36,39H,16-18,20-21H2,1-2H3,(H,37,43)(H,38,42)/t22-,25?,30+,35-/m1/s1. The van der Waals surface area contributed by atoms with Crippen molar-refractivity contribution in [2.45, 2.75) is 57.4 Å². The number of para-hydroxylation sites is 1. The van der Waals surface area contributed by atoms with E-state index in [-0.39, 0.29) is 49.8 Å². The van der Waals surface area contributed by atoms with Gasteiger partial charge in [0.2, 0.25) is 5.91 Å². The first kappa shape index (κ1) is 31.5. The average Bonchev–Trinajstić information content (AvgIpc) is 3.67. The normalized spacial score (nSPS) is 17.6. The van der Waals surface area contributed by atoms with E-state index in [1.165, 1.54) is 12.1 Å². The Morgan fingerprint density at radius 1 is 0.933 bits per heavy atom. The molecular weight excluding hydrogens is 574 g/mol. The fourth-order valence-electron chi connectivity index (χ4n) is 5.25. The van der Waals surface area contributed by atoms with E-state index >= 15 is 0 Å². The van der Waals surface area contributed by atoms with E-state index in [1.807, 2.05) is 60.8 Å². The molecule has 234 valence electrons. The third kappa shape index (κ3) is 8.16. The van der Waals surface area contributed by atoms with Gasteiger partial charge in [0, 0.05) is 29.4 Å². The summed E-state index contributed by atoms with van der Waals surface area (Å²) in [7, 11) is 0. The number of ether oxygens (including phenoxy) is 2. The van der Waals surface area contributed by atoms with E-state index < -0.39 is 35.6 Å². The van der Waals surface area contributed by atoms with Crippen LogP contribution in [0.15, 0.2) is 85.1 Å². The zero-order chi connectivity index (χ0) is 32.0. The molecule has 5 rings (SSSR count). The van der Waals surface area contributed by atoms with Crippen LogP contribution in [0.3, 0.4) is 0 Å². The summed E-state index contributed by atoms with van der Waals surface area (Å²) in [6, 6.07) is 21.4. The van der Waals surface area contributed by atoms with Gasteiger partial charge in [0.05, 0.1) is 18.7 Å². The molecule has 1 aromatic heterocycles. The van der Waals surface area contributed by atoms with Gasteiger partial charge in [0.15, 0.2) is 11.6 Å². The number of fused-ring (bicyclic) bond motifs is 1. The molecule has 3 aromatic carbocycles. The number of amides is 2. The van der Waals surface area contributed by atoms with Crippen LogP contribution in [0.2, 0.25) is 0 Å². The summed E-state index contributed by atoms with van der Waals surface area (Å²) in [5.41, 5.74) is 2.31. The largest absolute Gasteiger partial charge is 0.508 e. The number of nitrogens with one attached hydrogen (secondary N) is 3. The molecule has 2 amide bonds. The van der Waals surface area contributed by atoms with Crippen LogP contribution in [0.4, 0.5) is 4.79 Å². The molecule has 0 saturated carbocycles. The van der Waals surface area contributed by atoms with Crippen molar-refractivity contribution in [2.24, 2.45) is 5.92 Å². The molecular formula is C35H37N3O7. The van der Waals surface area contributed by atoms with Crippen molar-refractivity contribution in [3.8, 4) is 5.75 Å². The Kier molecular flexibility index (Phi) is 9.63. The van der Waals surface area contributed by atoms with Gasteiger partial charge in [-0.1, -0.05) is 60.7 Å². The highest BCUT2D eigenvalue weighted by Gasteiger charge is 2.50. The fourth-order valence-corrected chi connectivity index (χ4v) is 5.25. The number of H-pyrrole nitrogens is 1. The van der Waals surface area contributed by atoms with Gasteiger partial charge in [-0.2, -0.15) is 0 Å². The average molecular weight is 612 g/mol. The van der Waals surface area contributed by atoms with Gasteiger partial charge in [-0.3, -0.25) is 14.4 Å². The molecule has 0 bridgehead atoms. The number of ketones is 2. The highest BCUT2D eigenvalue weighted by molar-refractivity contribution is 5.98. The second kappa shape index (κ2) is 13.8. The number of benzene rings is 3. The maximum Gasteiger partial charge on any atom is 0.408 e. The van der Waals surface area contributed by atoms with Gasteiger partial charge < -0.3 is 30.2 Å². The van der Waals surface area contributed by atoms with Crippen molar-refractivity contribution >= 4 is 34.5 Å². The molecule has 45 heavy (non-hydrogen) atoms. The van der Waals surface area contributed by atoms with Crippen LogP contribution in [-0.4, -0.2) is 57.9 Å². The molecule has 4 N–H and O–H groups in total. The number of aromatic nitrogens is 1. The van der Waals surface area contributed by atoms with Crippen molar-refractivity contribution in [3.63, 3.8) is 0 Å². The molecule has 1 saturated heterocycles. The maximum absolute atomic E-state index is 13.9. The number of carbonyl (C=O) groups is 4. The third-order valence-electron chi connectivity index (χ3n) is 8.10. The second-order valence-corrected chi connectivity index (χ2v) is 11.7. The molecule has 1 aliphatic heterocycles. The number of epoxide rings is 1. The highest BCUT2D eigenvalue weighted by atomic mass is 16.6. The van der Waals surface area contributed by atoms with Crippen LogP contribution in [0.5, 0.6) is 5.75 Å². The number of alkyl carbamates (subject to hydrolysis) is 1. The zero-order valence-electron chi connectivity index (χ0n) is 25.2. The van der Waals surface area contributed by atoms with Crippen LogP contribution in [0.25, 0.3) is 10.9 Å². The van der Waals surface area contributed by atoms with E-state index in [9.17, 15) is 24.3 Å². The third-order valence-corrected chi connectivity index (χ3v) is 8.10. The summed E-state index contributed by atoms with van der Waals surface area (Å²) >= 11 is 0. The fraction of sp³-hybridized carbons (Fsp3) is 0.314. The first-order valence-electron chi connectivity index (χ1n) is 14.9.